The number of carbonyl (C=O) groups is 2. The van der Waals surface area contributed by atoms with Crippen molar-refractivity contribution < 1.29 is 9.59 Å². The molecule has 0 unspecified atom stereocenters. The molecule has 2 aromatic rings. The van der Waals surface area contributed by atoms with Gasteiger partial charge in [-0.05, 0) is 48.3 Å². The van der Waals surface area contributed by atoms with Crippen molar-refractivity contribution in [2.45, 2.75) is 98.7 Å². The fraction of sp³-hybridized carbons (Fsp3) is 0.613. The number of hydrogen-bond acceptors (Lipinski definition) is 2. The molecular weight excluding hydrogens is 446 g/mol. The van der Waals surface area contributed by atoms with Gasteiger partial charge in [-0.3, -0.25) is 9.59 Å². The first-order valence-corrected chi connectivity index (χ1v) is 13.9. The number of carbonyl (C=O) groups excluding carboxylic acids is 2. The number of rotatable bonds is 11. The molecule has 1 saturated carbocycles. The van der Waals surface area contributed by atoms with Crippen LogP contribution in [0.15, 0.2) is 48.7 Å². The average Bonchev–Trinajstić information content (AvgIpc) is 3.26. The molecule has 1 heterocycles. The predicted octanol–water partition coefficient (Wildman–Crippen LogP) is 6.51. The molecular formula is C31H47N3O2. The molecule has 36 heavy (non-hydrogen) atoms. The summed E-state index contributed by atoms with van der Waals surface area (Å²) >= 11 is 0. The number of benzene rings is 1. The van der Waals surface area contributed by atoms with Crippen molar-refractivity contribution in [3.05, 3.63) is 59.9 Å². The first-order valence-electron chi connectivity index (χ1n) is 13.9. The van der Waals surface area contributed by atoms with E-state index in [2.05, 4.69) is 86.7 Å². The molecule has 0 aliphatic heterocycles. The molecule has 1 fully saturated rings. The minimum Gasteiger partial charge on any atom is -0.345 e. The molecule has 5 nitrogen and oxygen atoms in total. The summed E-state index contributed by atoms with van der Waals surface area (Å²) < 4.78 is 2.25. The molecule has 1 aliphatic rings. The summed E-state index contributed by atoms with van der Waals surface area (Å²) in [4.78, 5) is 31.0. The van der Waals surface area contributed by atoms with Gasteiger partial charge in [0.25, 0.3) is 0 Å². The third-order valence-corrected chi connectivity index (χ3v) is 7.12. The van der Waals surface area contributed by atoms with E-state index in [1.807, 2.05) is 11.0 Å². The number of hydrogen-bond donors (Lipinski definition) is 0. The van der Waals surface area contributed by atoms with Gasteiger partial charge in [0, 0.05) is 37.4 Å². The molecule has 0 radical (unpaired) electrons. The molecule has 1 aromatic heterocycles. The van der Waals surface area contributed by atoms with Gasteiger partial charge in [-0.2, -0.15) is 0 Å². The van der Waals surface area contributed by atoms with Crippen LogP contribution < -0.4 is 0 Å². The minimum absolute atomic E-state index is 0.0837. The topological polar surface area (TPSA) is 45.6 Å². The van der Waals surface area contributed by atoms with Gasteiger partial charge in [0.05, 0.1) is 13.1 Å². The second kappa shape index (κ2) is 13.1. The molecule has 0 atom stereocenters. The standard InChI is InChI=1S/C31H47N3O2/c1-25(2)18-20-33(29(35)21-31(3,4)5)24-30(36)34(27-15-10-7-11-16-27)23-28-17-12-19-32(28)22-26-13-8-6-9-14-26/h6,8-9,12-14,17,19,25,27H,7,10-11,15-16,18,20-24H2,1-5H3. The van der Waals surface area contributed by atoms with Crippen LogP contribution in [0.5, 0.6) is 0 Å². The Labute approximate surface area is 218 Å². The van der Waals surface area contributed by atoms with Crippen LogP contribution in [0.4, 0.5) is 0 Å². The van der Waals surface area contributed by atoms with Crippen molar-refractivity contribution in [3.63, 3.8) is 0 Å². The van der Waals surface area contributed by atoms with Crippen LogP contribution in [-0.4, -0.2) is 45.3 Å². The van der Waals surface area contributed by atoms with E-state index in [0.29, 0.717) is 25.4 Å². The first-order chi connectivity index (χ1) is 17.1. The van der Waals surface area contributed by atoms with Crippen molar-refractivity contribution in [1.82, 2.24) is 14.4 Å². The van der Waals surface area contributed by atoms with Crippen LogP contribution in [0.2, 0.25) is 0 Å². The van der Waals surface area contributed by atoms with Gasteiger partial charge in [0.2, 0.25) is 11.8 Å². The normalized spacial score (nSPS) is 14.7. The third kappa shape index (κ3) is 8.83. The van der Waals surface area contributed by atoms with E-state index < -0.39 is 0 Å². The number of nitrogens with zero attached hydrogens (tertiary/aromatic N) is 3. The summed E-state index contributed by atoms with van der Waals surface area (Å²) in [6.45, 7) is 12.8. The van der Waals surface area contributed by atoms with Gasteiger partial charge in [0.15, 0.2) is 0 Å². The maximum absolute atomic E-state index is 13.9. The summed E-state index contributed by atoms with van der Waals surface area (Å²) in [6.07, 6.45) is 9.15. The zero-order chi connectivity index (χ0) is 26.1. The van der Waals surface area contributed by atoms with Crippen molar-refractivity contribution >= 4 is 11.8 Å². The lowest BCUT2D eigenvalue weighted by Gasteiger charge is -2.36. The van der Waals surface area contributed by atoms with Gasteiger partial charge >= 0.3 is 0 Å². The predicted molar refractivity (Wildman–Crippen MR) is 148 cm³/mol. The fourth-order valence-corrected chi connectivity index (χ4v) is 5.04. The summed E-state index contributed by atoms with van der Waals surface area (Å²) in [7, 11) is 0. The van der Waals surface area contributed by atoms with Gasteiger partial charge in [-0.1, -0.05) is 84.2 Å². The van der Waals surface area contributed by atoms with Crippen LogP contribution >= 0.6 is 0 Å². The quantitative estimate of drug-likeness (QED) is 0.358. The SMILES string of the molecule is CC(C)CCN(CC(=O)N(Cc1cccn1Cc1ccccc1)C1CCCCC1)C(=O)CC(C)(C)C. The Balaban J connectivity index is 1.79. The Morgan fingerprint density at radius 2 is 1.67 bits per heavy atom. The molecule has 0 N–H and O–H groups in total. The van der Waals surface area contributed by atoms with Gasteiger partial charge in [0.1, 0.15) is 0 Å². The van der Waals surface area contributed by atoms with E-state index in [1.54, 1.807) is 0 Å². The Bertz CT molecular complexity index is 952. The van der Waals surface area contributed by atoms with E-state index in [0.717, 1.165) is 31.5 Å². The Morgan fingerprint density at radius 3 is 2.31 bits per heavy atom. The molecule has 3 rings (SSSR count). The van der Waals surface area contributed by atoms with Crippen molar-refractivity contribution in [1.29, 1.82) is 0 Å². The fourth-order valence-electron chi connectivity index (χ4n) is 5.04. The zero-order valence-corrected chi connectivity index (χ0v) is 23.2. The second-order valence-corrected chi connectivity index (χ2v) is 12.2. The molecule has 1 aromatic carbocycles. The minimum atomic E-state index is -0.0997. The molecule has 198 valence electrons. The third-order valence-electron chi connectivity index (χ3n) is 7.12. The van der Waals surface area contributed by atoms with Crippen LogP contribution in [0.25, 0.3) is 0 Å². The highest BCUT2D eigenvalue weighted by molar-refractivity contribution is 5.85. The lowest BCUT2D eigenvalue weighted by atomic mass is 9.91. The lowest BCUT2D eigenvalue weighted by Crippen LogP contribution is -2.48. The highest BCUT2D eigenvalue weighted by Crippen LogP contribution is 2.26. The average molecular weight is 494 g/mol. The maximum Gasteiger partial charge on any atom is 0.242 e. The maximum atomic E-state index is 13.9. The Kier molecular flexibility index (Phi) is 10.2. The number of aromatic nitrogens is 1. The zero-order valence-electron chi connectivity index (χ0n) is 23.2. The second-order valence-electron chi connectivity index (χ2n) is 12.2. The van der Waals surface area contributed by atoms with Gasteiger partial charge < -0.3 is 14.4 Å². The van der Waals surface area contributed by atoms with Crippen molar-refractivity contribution in [2.75, 3.05) is 13.1 Å². The van der Waals surface area contributed by atoms with Crippen LogP contribution in [0.3, 0.4) is 0 Å². The Morgan fingerprint density at radius 1 is 0.972 bits per heavy atom. The smallest absolute Gasteiger partial charge is 0.242 e. The van der Waals surface area contributed by atoms with Crippen LogP contribution in [-0.2, 0) is 22.7 Å². The van der Waals surface area contributed by atoms with Gasteiger partial charge in [-0.25, -0.2) is 0 Å². The van der Waals surface area contributed by atoms with Gasteiger partial charge in [-0.15, -0.1) is 0 Å². The van der Waals surface area contributed by atoms with E-state index in [1.165, 1.54) is 24.8 Å². The monoisotopic (exact) mass is 493 g/mol. The van der Waals surface area contributed by atoms with E-state index >= 15 is 0 Å². The Hall–Kier alpha value is -2.56. The van der Waals surface area contributed by atoms with E-state index in [9.17, 15) is 9.59 Å². The summed E-state index contributed by atoms with van der Waals surface area (Å²) in [5.74, 6) is 0.661. The molecule has 5 heteroatoms. The first kappa shape index (κ1) is 28.0. The van der Waals surface area contributed by atoms with Crippen molar-refractivity contribution in [3.8, 4) is 0 Å². The lowest BCUT2D eigenvalue weighted by molar-refractivity contribution is -0.144. The van der Waals surface area contributed by atoms with E-state index in [4.69, 9.17) is 0 Å². The van der Waals surface area contributed by atoms with E-state index in [-0.39, 0.29) is 29.8 Å². The number of amides is 2. The largest absolute Gasteiger partial charge is 0.345 e. The molecule has 0 spiro atoms. The molecule has 2 amide bonds. The van der Waals surface area contributed by atoms with Crippen molar-refractivity contribution in [2.24, 2.45) is 11.3 Å². The highest BCUT2D eigenvalue weighted by atomic mass is 16.2. The molecule has 1 aliphatic carbocycles. The summed E-state index contributed by atoms with van der Waals surface area (Å²) in [5.41, 5.74) is 2.29. The molecule has 0 bridgehead atoms. The molecule has 0 saturated heterocycles. The van der Waals surface area contributed by atoms with Crippen LogP contribution in [0.1, 0.15) is 90.8 Å². The highest BCUT2D eigenvalue weighted by Gasteiger charge is 2.30. The summed E-state index contributed by atoms with van der Waals surface area (Å²) in [6, 6.07) is 14.9. The summed E-state index contributed by atoms with van der Waals surface area (Å²) in [5, 5.41) is 0. The van der Waals surface area contributed by atoms with Crippen LogP contribution in [0, 0.1) is 11.3 Å².